The summed E-state index contributed by atoms with van der Waals surface area (Å²) in [7, 11) is 0. The Balaban J connectivity index is 2.88. The average molecular weight is 208 g/mol. The van der Waals surface area contributed by atoms with Crippen molar-refractivity contribution in [2.75, 3.05) is 0 Å². The summed E-state index contributed by atoms with van der Waals surface area (Å²) >= 11 is 0. The summed E-state index contributed by atoms with van der Waals surface area (Å²) in [5.41, 5.74) is 12.6. The number of aryl methyl sites for hydroxylation is 1. The second kappa shape index (κ2) is 4.79. The number of rotatable bonds is 4. The molecule has 82 valence electrons. The highest BCUT2D eigenvalue weighted by Crippen LogP contribution is 2.20. The van der Waals surface area contributed by atoms with E-state index < -0.39 is 12.0 Å². The molecule has 1 rings (SSSR count). The first kappa shape index (κ1) is 11.5. The predicted octanol–water partition coefficient (Wildman–Crippen LogP) is 0.706. The van der Waals surface area contributed by atoms with Gasteiger partial charge in [0, 0.05) is 6.54 Å². The highest BCUT2D eigenvalue weighted by molar-refractivity contribution is 5.78. The second-order valence-corrected chi connectivity index (χ2v) is 3.47. The molecular formula is C11H16N2O2. The first-order valence-electron chi connectivity index (χ1n) is 4.80. The smallest absolute Gasteiger partial charge is 0.258 e. The van der Waals surface area contributed by atoms with Crippen LogP contribution in [-0.2, 0) is 11.3 Å². The van der Waals surface area contributed by atoms with E-state index >= 15 is 0 Å². The van der Waals surface area contributed by atoms with Crippen molar-refractivity contribution in [1.29, 1.82) is 0 Å². The van der Waals surface area contributed by atoms with Crippen LogP contribution in [0.25, 0.3) is 0 Å². The third kappa shape index (κ3) is 2.95. The van der Waals surface area contributed by atoms with Crippen molar-refractivity contribution >= 4 is 5.91 Å². The molecule has 4 nitrogen and oxygen atoms in total. The van der Waals surface area contributed by atoms with E-state index in [1.165, 1.54) is 0 Å². The summed E-state index contributed by atoms with van der Waals surface area (Å²) in [6.07, 6.45) is -0.628. The Morgan fingerprint density at radius 3 is 2.73 bits per heavy atom. The summed E-state index contributed by atoms with van der Waals surface area (Å²) < 4.78 is 5.42. The highest BCUT2D eigenvalue weighted by atomic mass is 16.5. The molecule has 1 unspecified atom stereocenters. The van der Waals surface area contributed by atoms with Crippen molar-refractivity contribution in [3.8, 4) is 5.75 Å². The largest absolute Gasteiger partial charge is 0.481 e. The van der Waals surface area contributed by atoms with Crippen molar-refractivity contribution in [3.63, 3.8) is 0 Å². The molecule has 1 aromatic carbocycles. The molecule has 1 atom stereocenters. The van der Waals surface area contributed by atoms with Crippen molar-refractivity contribution in [2.24, 2.45) is 11.5 Å². The molecule has 0 fully saturated rings. The predicted molar refractivity (Wildman–Crippen MR) is 58.4 cm³/mol. The Bertz CT molecular complexity index is 364. The first-order valence-corrected chi connectivity index (χ1v) is 4.80. The maximum absolute atomic E-state index is 10.8. The normalized spacial score (nSPS) is 12.2. The van der Waals surface area contributed by atoms with E-state index in [2.05, 4.69) is 0 Å². The van der Waals surface area contributed by atoms with Gasteiger partial charge in [-0.15, -0.1) is 0 Å². The van der Waals surface area contributed by atoms with E-state index in [9.17, 15) is 4.79 Å². The Labute approximate surface area is 89.2 Å². The number of amides is 1. The van der Waals surface area contributed by atoms with Gasteiger partial charge >= 0.3 is 0 Å². The lowest BCUT2D eigenvalue weighted by Crippen LogP contribution is -2.30. The lowest BCUT2D eigenvalue weighted by Gasteiger charge is -2.14. The quantitative estimate of drug-likeness (QED) is 0.764. The number of nitrogens with two attached hydrogens (primary N) is 2. The second-order valence-electron chi connectivity index (χ2n) is 3.47. The van der Waals surface area contributed by atoms with E-state index in [1.807, 2.05) is 25.1 Å². The zero-order valence-electron chi connectivity index (χ0n) is 8.99. The van der Waals surface area contributed by atoms with E-state index in [0.717, 1.165) is 11.1 Å². The van der Waals surface area contributed by atoms with Crippen LogP contribution in [0.5, 0.6) is 5.75 Å². The molecule has 0 aromatic heterocycles. The highest BCUT2D eigenvalue weighted by Gasteiger charge is 2.11. The molecule has 0 saturated heterocycles. The lowest BCUT2D eigenvalue weighted by atomic mass is 10.1. The van der Waals surface area contributed by atoms with Gasteiger partial charge in [-0.25, -0.2) is 0 Å². The maximum atomic E-state index is 10.8. The summed E-state index contributed by atoms with van der Waals surface area (Å²) in [6.45, 7) is 3.97. The molecular weight excluding hydrogens is 192 g/mol. The fraction of sp³-hybridized carbons (Fsp3) is 0.364. The average Bonchev–Trinajstić information content (AvgIpc) is 2.21. The van der Waals surface area contributed by atoms with Gasteiger partial charge in [0.25, 0.3) is 5.91 Å². The first-order chi connectivity index (χ1) is 7.04. The Morgan fingerprint density at radius 1 is 1.53 bits per heavy atom. The topological polar surface area (TPSA) is 78.3 Å². The lowest BCUT2D eigenvalue weighted by molar-refractivity contribution is -0.123. The van der Waals surface area contributed by atoms with Crippen LogP contribution in [-0.4, -0.2) is 12.0 Å². The van der Waals surface area contributed by atoms with Gasteiger partial charge in [0.2, 0.25) is 0 Å². The summed E-state index contributed by atoms with van der Waals surface area (Å²) in [6, 6.07) is 5.66. The molecule has 1 aromatic rings. The number of benzene rings is 1. The van der Waals surface area contributed by atoms with Gasteiger partial charge in [-0.05, 0) is 31.0 Å². The molecule has 0 bridgehead atoms. The van der Waals surface area contributed by atoms with Crippen LogP contribution in [0.3, 0.4) is 0 Å². The van der Waals surface area contributed by atoms with Crippen LogP contribution in [0.2, 0.25) is 0 Å². The van der Waals surface area contributed by atoms with Gasteiger partial charge in [-0.1, -0.05) is 12.1 Å². The number of hydrogen-bond acceptors (Lipinski definition) is 3. The minimum atomic E-state index is -0.628. The van der Waals surface area contributed by atoms with Crippen molar-refractivity contribution in [2.45, 2.75) is 26.5 Å². The van der Waals surface area contributed by atoms with Gasteiger partial charge in [0.1, 0.15) is 5.75 Å². The monoisotopic (exact) mass is 208 g/mol. The van der Waals surface area contributed by atoms with Gasteiger partial charge in [0.05, 0.1) is 0 Å². The van der Waals surface area contributed by atoms with Gasteiger partial charge < -0.3 is 16.2 Å². The van der Waals surface area contributed by atoms with Gasteiger partial charge in [-0.2, -0.15) is 0 Å². The van der Waals surface area contributed by atoms with Crippen LogP contribution in [0.4, 0.5) is 0 Å². The minimum absolute atomic E-state index is 0.446. The molecule has 0 radical (unpaired) electrons. The molecule has 0 aliphatic carbocycles. The molecule has 0 aliphatic heterocycles. The molecule has 0 heterocycles. The fourth-order valence-electron chi connectivity index (χ4n) is 1.15. The molecule has 0 saturated carbocycles. The van der Waals surface area contributed by atoms with Gasteiger partial charge in [0.15, 0.2) is 6.10 Å². The fourth-order valence-corrected chi connectivity index (χ4v) is 1.15. The zero-order valence-corrected chi connectivity index (χ0v) is 8.99. The zero-order chi connectivity index (χ0) is 11.4. The molecule has 15 heavy (non-hydrogen) atoms. The Morgan fingerprint density at radius 2 is 2.20 bits per heavy atom. The number of ether oxygens (including phenoxy) is 1. The standard InChI is InChI=1S/C11H16N2O2/c1-7-3-4-9(6-12)5-10(7)15-8(2)11(13)14/h3-5,8H,6,12H2,1-2H3,(H2,13,14). The Kier molecular flexibility index (Phi) is 3.68. The number of primary amides is 1. The van der Waals surface area contributed by atoms with Crippen molar-refractivity contribution in [3.05, 3.63) is 29.3 Å². The molecule has 0 spiro atoms. The third-order valence-corrected chi connectivity index (χ3v) is 2.19. The van der Waals surface area contributed by atoms with Crippen molar-refractivity contribution in [1.82, 2.24) is 0 Å². The molecule has 0 aliphatic rings. The number of hydrogen-bond donors (Lipinski definition) is 2. The maximum Gasteiger partial charge on any atom is 0.258 e. The SMILES string of the molecule is Cc1ccc(CN)cc1OC(C)C(N)=O. The van der Waals surface area contributed by atoms with E-state index in [0.29, 0.717) is 12.3 Å². The summed E-state index contributed by atoms with van der Waals surface area (Å²) in [4.78, 5) is 10.8. The Hall–Kier alpha value is -1.55. The summed E-state index contributed by atoms with van der Waals surface area (Å²) in [5.74, 6) is 0.178. The van der Waals surface area contributed by atoms with E-state index in [-0.39, 0.29) is 0 Å². The van der Waals surface area contributed by atoms with Crippen LogP contribution in [0.1, 0.15) is 18.1 Å². The van der Waals surface area contributed by atoms with Crippen LogP contribution >= 0.6 is 0 Å². The van der Waals surface area contributed by atoms with E-state index in [4.69, 9.17) is 16.2 Å². The van der Waals surface area contributed by atoms with Crippen molar-refractivity contribution < 1.29 is 9.53 Å². The van der Waals surface area contributed by atoms with Crippen LogP contribution in [0, 0.1) is 6.92 Å². The van der Waals surface area contributed by atoms with E-state index in [1.54, 1.807) is 6.92 Å². The molecule has 4 heteroatoms. The van der Waals surface area contributed by atoms with Gasteiger partial charge in [-0.3, -0.25) is 4.79 Å². The third-order valence-electron chi connectivity index (χ3n) is 2.19. The molecule has 4 N–H and O–H groups in total. The summed E-state index contributed by atoms with van der Waals surface area (Å²) in [5, 5.41) is 0. The van der Waals surface area contributed by atoms with Crippen LogP contribution in [0.15, 0.2) is 18.2 Å². The minimum Gasteiger partial charge on any atom is -0.481 e. The number of carbonyl (C=O) groups is 1. The molecule has 1 amide bonds. The number of carbonyl (C=O) groups excluding carboxylic acids is 1. The van der Waals surface area contributed by atoms with Crippen LogP contribution < -0.4 is 16.2 Å².